The van der Waals surface area contributed by atoms with Crippen LogP contribution in [0.4, 0.5) is 0 Å². The number of rotatable bonds is 17. The van der Waals surface area contributed by atoms with Gasteiger partial charge in [0.15, 0.2) is 6.29 Å². The predicted molar refractivity (Wildman–Crippen MR) is 192 cm³/mol. The molecule has 0 amide bonds. The molecule has 1 heterocycles. The van der Waals surface area contributed by atoms with Crippen molar-refractivity contribution in [1.82, 2.24) is 0 Å². The standard InChI is InChI=1S/C38H43IO6S/c1-28(39)37(43-26-32-21-13-6-14-22-32)45-36-35(42-25-31-19-11-5-12-20-31)34(41-24-30-17-9-4-10-18-30)33(44-38(36)46-2)27-40-23-29-15-7-3-8-16-29/h3-22,28,33-38H,23-27H2,1-2H3/t28?,33-,34-,35+,36-,37?,38+/m1/s1. The summed E-state index contributed by atoms with van der Waals surface area (Å²) >= 11 is 3.97. The van der Waals surface area contributed by atoms with Crippen LogP contribution in [0.25, 0.3) is 0 Å². The van der Waals surface area contributed by atoms with E-state index in [-0.39, 0.29) is 15.5 Å². The van der Waals surface area contributed by atoms with Crippen LogP contribution in [0.15, 0.2) is 121 Å². The Labute approximate surface area is 291 Å². The van der Waals surface area contributed by atoms with E-state index in [4.69, 9.17) is 28.4 Å². The van der Waals surface area contributed by atoms with Crippen molar-refractivity contribution in [1.29, 1.82) is 0 Å². The van der Waals surface area contributed by atoms with Crippen LogP contribution >= 0.6 is 34.4 Å². The van der Waals surface area contributed by atoms with Gasteiger partial charge >= 0.3 is 0 Å². The van der Waals surface area contributed by atoms with Gasteiger partial charge in [-0.15, -0.1) is 11.8 Å². The lowest BCUT2D eigenvalue weighted by Crippen LogP contribution is -2.61. The van der Waals surface area contributed by atoms with Gasteiger partial charge in [-0.3, -0.25) is 0 Å². The van der Waals surface area contributed by atoms with Gasteiger partial charge in [0.05, 0.1) is 37.0 Å². The third kappa shape index (κ3) is 10.6. The topological polar surface area (TPSA) is 55.4 Å². The molecule has 5 rings (SSSR count). The maximum Gasteiger partial charge on any atom is 0.170 e. The van der Waals surface area contributed by atoms with E-state index in [0.29, 0.717) is 33.0 Å². The van der Waals surface area contributed by atoms with Gasteiger partial charge in [-0.2, -0.15) is 0 Å². The molecule has 8 heteroatoms. The van der Waals surface area contributed by atoms with Gasteiger partial charge in [0.25, 0.3) is 0 Å². The van der Waals surface area contributed by atoms with E-state index in [2.05, 4.69) is 78.0 Å². The van der Waals surface area contributed by atoms with E-state index >= 15 is 0 Å². The Morgan fingerprint density at radius 1 is 0.630 bits per heavy atom. The van der Waals surface area contributed by atoms with Crippen LogP contribution in [0.1, 0.15) is 29.2 Å². The molecule has 0 bridgehead atoms. The number of benzene rings is 4. The van der Waals surface area contributed by atoms with E-state index < -0.39 is 24.6 Å². The van der Waals surface area contributed by atoms with Crippen molar-refractivity contribution >= 4 is 34.4 Å². The van der Waals surface area contributed by atoms with Crippen molar-refractivity contribution in [3.63, 3.8) is 0 Å². The van der Waals surface area contributed by atoms with Crippen LogP contribution in [0, 0.1) is 0 Å². The number of ether oxygens (including phenoxy) is 6. The molecule has 2 unspecified atom stereocenters. The summed E-state index contributed by atoms with van der Waals surface area (Å²) < 4.78 is 39.8. The number of halogens is 1. The fourth-order valence-electron chi connectivity index (χ4n) is 5.33. The molecule has 0 spiro atoms. The first-order valence-electron chi connectivity index (χ1n) is 15.7. The van der Waals surface area contributed by atoms with Crippen molar-refractivity contribution in [3.05, 3.63) is 144 Å². The van der Waals surface area contributed by atoms with E-state index in [1.807, 2.05) is 79.1 Å². The van der Waals surface area contributed by atoms with E-state index in [1.54, 1.807) is 11.8 Å². The average molecular weight is 755 g/mol. The maximum absolute atomic E-state index is 6.86. The highest BCUT2D eigenvalue weighted by Crippen LogP contribution is 2.35. The molecule has 0 N–H and O–H groups in total. The van der Waals surface area contributed by atoms with Crippen LogP contribution in [0.3, 0.4) is 0 Å². The van der Waals surface area contributed by atoms with Crippen LogP contribution in [0.5, 0.6) is 0 Å². The molecule has 7 atom stereocenters. The van der Waals surface area contributed by atoms with Gasteiger partial charge < -0.3 is 28.4 Å². The van der Waals surface area contributed by atoms with Crippen LogP contribution < -0.4 is 0 Å². The van der Waals surface area contributed by atoms with Gasteiger partial charge in [-0.1, -0.05) is 144 Å². The third-order valence-electron chi connectivity index (χ3n) is 7.71. The first-order chi connectivity index (χ1) is 22.6. The minimum atomic E-state index is -0.493. The summed E-state index contributed by atoms with van der Waals surface area (Å²) in [5, 5.41) is 0. The summed E-state index contributed by atoms with van der Waals surface area (Å²) in [5.74, 6) is 0. The maximum atomic E-state index is 6.86. The Kier molecular flexibility index (Phi) is 14.4. The lowest BCUT2D eigenvalue weighted by atomic mass is 9.98. The average Bonchev–Trinajstić information content (AvgIpc) is 3.10. The van der Waals surface area contributed by atoms with Gasteiger partial charge in [-0.05, 0) is 35.4 Å². The van der Waals surface area contributed by atoms with Crippen LogP contribution in [0.2, 0.25) is 0 Å². The number of alkyl halides is 1. The quantitative estimate of drug-likeness (QED) is 0.0612. The Bertz CT molecular complexity index is 1380. The lowest BCUT2D eigenvalue weighted by Gasteiger charge is -2.46. The zero-order valence-corrected chi connectivity index (χ0v) is 29.3. The number of hydrogen-bond donors (Lipinski definition) is 0. The van der Waals surface area contributed by atoms with Gasteiger partial charge in [0.2, 0.25) is 0 Å². The van der Waals surface area contributed by atoms with Gasteiger partial charge in [0.1, 0.15) is 29.9 Å². The summed E-state index contributed by atoms with van der Waals surface area (Å²) in [6.45, 7) is 4.17. The van der Waals surface area contributed by atoms with Crippen LogP contribution in [-0.2, 0) is 54.8 Å². The summed E-state index contributed by atoms with van der Waals surface area (Å²) in [6, 6.07) is 40.7. The molecule has 0 aromatic heterocycles. The SMILES string of the molecule is CS[C@@H]1O[C@H](COCc2ccccc2)[C@@H](OCc2ccccc2)[C@H](OCc2ccccc2)[C@H]1OC(OCc1ccccc1)C(C)I. The summed E-state index contributed by atoms with van der Waals surface area (Å²) in [5.41, 5.74) is 4.01. The largest absolute Gasteiger partial charge is 0.374 e. The monoisotopic (exact) mass is 754 g/mol. The zero-order valence-electron chi connectivity index (χ0n) is 26.4. The summed E-state index contributed by atoms with van der Waals surface area (Å²) in [6.07, 6.45) is -0.234. The smallest absolute Gasteiger partial charge is 0.170 e. The fraction of sp³-hybridized carbons (Fsp3) is 0.368. The molecular weight excluding hydrogens is 711 g/mol. The minimum absolute atomic E-state index is 0.0641. The third-order valence-corrected chi connectivity index (χ3v) is 9.14. The van der Waals surface area contributed by atoms with Gasteiger partial charge in [-0.25, -0.2) is 0 Å². The fourth-order valence-corrected chi connectivity index (χ4v) is 6.44. The van der Waals surface area contributed by atoms with Crippen molar-refractivity contribution in [2.45, 2.75) is 73.4 Å². The van der Waals surface area contributed by atoms with E-state index in [9.17, 15) is 0 Å². The molecule has 0 aliphatic carbocycles. The molecule has 1 fully saturated rings. The molecule has 0 radical (unpaired) electrons. The molecule has 4 aromatic carbocycles. The van der Waals surface area contributed by atoms with Crippen molar-refractivity contribution in [2.24, 2.45) is 0 Å². The highest BCUT2D eigenvalue weighted by molar-refractivity contribution is 14.1. The van der Waals surface area contributed by atoms with Crippen LogP contribution in [-0.4, -0.2) is 52.9 Å². The highest BCUT2D eigenvalue weighted by Gasteiger charge is 2.49. The van der Waals surface area contributed by atoms with Gasteiger partial charge in [0, 0.05) is 0 Å². The second-order valence-corrected chi connectivity index (χ2v) is 14.1. The number of thioether (sulfide) groups is 1. The molecule has 4 aromatic rings. The molecule has 6 nitrogen and oxygen atoms in total. The second kappa shape index (κ2) is 18.9. The molecular formula is C38H43IO6S. The molecule has 1 aliphatic rings. The van der Waals surface area contributed by atoms with Crippen molar-refractivity contribution in [2.75, 3.05) is 12.9 Å². The number of hydrogen-bond acceptors (Lipinski definition) is 7. The van der Waals surface area contributed by atoms with E-state index in [0.717, 1.165) is 22.3 Å². The second-order valence-electron chi connectivity index (χ2n) is 11.2. The summed E-state index contributed by atoms with van der Waals surface area (Å²) in [7, 11) is 0. The van der Waals surface area contributed by atoms with Crippen molar-refractivity contribution in [3.8, 4) is 0 Å². The predicted octanol–water partition coefficient (Wildman–Crippen LogP) is 8.21. The summed E-state index contributed by atoms with van der Waals surface area (Å²) in [4.78, 5) is 0. The Hall–Kier alpha value is -2.28. The molecule has 0 saturated carbocycles. The first-order valence-corrected chi connectivity index (χ1v) is 18.2. The Morgan fingerprint density at radius 2 is 1.09 bits per heavy atom. The minimum Gasteiger partial charge on any atom is -0.374 e. The lowest BCUT2D eigenvalue weighted by molar-refractivity contribution is -0.285. The Morgan fingerprint density at radius 3 is 1.57 bits per heavy atom. The molecule has 1 saturated heterocycles. The highest BCUT2D eigenvalue weighted by atomic mass is 127. The van der Waals surface area contributed by atoms with E-state index in [1.165, 1.54) is 0 Å². The zero-order chi connectivity index (χ0) is 32.0. The molecule has 1 aliphatic heterocycles. The molecule has 46 heavy (non-hydrogen) atoms. The Balaban J connectivity index is 1.40. The van der Waals surface area contributed by atoms with Crippen molar-refractivity contribution < 1.29 is 28.4 Å². The first kappa shape index (κ1) is 35.0. The normalized spacial score (nSPS) is 22.7. The molecule has 244 valence electrons.